The monoisotopic (exact) mass is 696 g/mol. The summed E-state index contributed by atoms with van der Waals surface area (Å²) in [5.74, 6) is 2.47. The molecule has 1 heterocycles. The average Bonchev–Trinajstić information content (AvgIpc) is 3.54. The number of carbonyl (C=O) groups excluding carboxylic acids is 1. The Bertz CT molecular complexity index is 1230. The van der Waals surface area contributed by atoms with Crippen LogP contribution in [0.1, 0.15) is 106 Å². The molecule has 4 saturated carbocycles. The predicted octanol–water partition coefficient (Wildman–Crippen LogP) is 10.4. The molecule has 270 valence electrons. The van der Waals surface area contributed by atoms with Crippen LogP contribution in [0.15, 0.2) is 30.3 Å². The Morgan fingerprint density at radius 3 is 2.00 bits per heavy atom. The zero-order chi connectivity index (χ0) is 34.5. The van der Waals surface area contributed by atoms with E-state index in [1.807, 2.05) is 0 Å². The van der Waals surface area contributed by atoms with Gasteiger partial charge in [-0.1, -0.05) is 92.6 Å². The van der Waals surface area contributed by atoms with E-state index in [1.165, 1.54) is 61.1 Å². The fourth-order valence-corrected chi connectivity index (χ4v) is 18.3. The minimum atomic E-state index is -1.84. The normalized spacial score (nSPS) is 40.9. The number of carbonyl (C=O) groups is 1. The van der Waals surface area contributed by atoms with E-state index in [4.69, 9.17) is 18.3 Å². The first-order valence-corrected chi connectivity index (χ1v) is 25.2. The van der Waals surface area contributed by atoms with Crippen molar-refractivity contribution in [2.75, 3.05) is 0 Å². The van der Waals surface area contributed by atoms with Gasteiger partial charge in [-0.15, -0.1) is 0 Å². The lowest BCUT2D eigenvalue weighted by atomic mass is 9.44. The predicted molar refractivity (Wildman–Crippen MR) is 200 cm³/mol. The number of hydrogen-bond acceptors (Lipinski definition) is 5. The third-order valence-corrected chi connectivity index (χ3v) is 25.2. The Hall–Kier alpha value is -0.996. The van der Waals surface area contributed by atoms with E-state index in [0.717, 1.165) is 19.3 Å². The van der Waals surface area contributed by atoms with E-state index in [9.17, 15) is 4.79 Å². The lowest BCUT2D eigenvalue weighted by molar-refractivity contribution is -0.177. The Balaban J connectivity index is 1.33. The molecule has 0 unspecified atom stereocenters. The van der Waals surface area contributed by atoms with Gasteiger partial charge >= 0.3 is 5.97 Å². The van der Waals surface area contributed by atoms with Crippen molar-refractivity contribution in [2.24, 2.45) is 46.3 Å². The maximum Gasteiger partial charge on any atom is 0.309 e. The number of ether oxygens (including phenoxy) is 2. The molecule has 48 heavy (non-hydrogen) atoms. The van der Waals surface area contributed by atoms with Gasteiger partial charge in [-0.05, 0) is 115 Å². The summed E-state index contributed by atoms with van der Waals surface area (Å²) < 4.78 is 28.3. The van der Waals surface area contributed by atoms with Gasteiger partial charge in [-0.2, -0.15) is 0 Å². The first-order chi connectivity index (χ1) is 23.0. The van der Waals surface area contributed by atoms with Gasteiger partial charge in [0, 0.05) is 5.92 Å². The highest BCUT2D eigenvalue weighted by molar-refractivity contribution is 6.74. The molecule has 0 bridgehead atoms. The second kappa shape index (κ2) is 14.2. The quantitative estimate of drug-likeness (QED) is 0.152. The van der Waals surface area contributed by atoms with Crippen LogP contribution in [0.3, 0.4) is 0 Å². The Labute approximate surface area is 295 Å². The fourth-order valence-electron chi connectivity index (χ4n) is 12.5. The van der Waals surface area contributed by atoms with Gasteiger partial charge in [0.1, 0.15) is 6.10 Å². The molecule has 5 aliphatic rings. The van der Waals surface area contributed by atoms with Crippen LogP contribution < -0.4 is 0 Å². The van der Waals surface area contributed by atoms with Crippen LogP contribution in [0.5, 0.6) is 0 Å². The van der Waals surface area contributed by atoms with Crippen molar-refractivity contribution in [1.29, 1.82) is 0 Å². The molecule has 6 rings (SSSR count). The molecule has 0 amide bonds. The molecule has 1 aromatic carbocycles. The SMILES string of the molecule is CC[Si](CC)(CC)O[C@H]1C[C@@H]2CC[C@H]3[C@@H]4[C@@H](OCc5ccccc5)[C@@H]5OC(=O)[C@@H](C)[C@@H]5[C@@]4(C)CC[C@@H]3[C@@]2(C)C[C@@H]1O[Si](CC)(CC)CC. The van der Waals surface area contributed by atoms with Crippen molar-refractivity contribution < 1.29 is 23.1 Å². The van der Waals surface area contributed by atoms with E-state index in [1.54, 1.807) is 0 Å². The van der Waals surface area contributed by atoms with Crippen LogP contribution in [0.25, 0.3) is 0 Å². The van der Waals surface area contributed by atoms with E-state index < -0.39 is 16.6 Å². The average molecular weight is 697 g/mol. The third kappa shape index (κ3) is 6.05. The summed E-state index contributed by atoms with van der Waals surface area (Å²) in [6.07, 6.45) is 7.50. The van der Waals surface area contributed by atoms with Crippen molar-refractivity contribution in [3.05, 3.63) is 35.9 Å². The smallest absolute Gasteiger partial charge is 0.309 e. The summed E-state index contributed by atoms with van der Waals surface area (Å²) in [5, 5.41) is 0. The van der Waals surface area contributed by atoms with Crippen LogP contribution in [0, 0.1) is 46.3 Å². The maximum atomic E-state index is 13.1. The second-order valence-corrected chi connectivity index (χ2v) is 26.8. The highest BCUT2D eigenvalue weighted by Crippen LogP contribution is 2.70. The zero-order valence-electron chi connectivity index (χ0n) is 31.9. The Morgan fingerprint density at radius 1 is 0.792 bits per heavy atom. The molecule has 1 saturated heterocycles. The highest BCUT2D eigenvalue weighted by Gasteiger charge is 2.71. The summed E-state index contributed by atoms with van der Waals surface area (Å²) in [6.45, 7) is 22.1. The standard InChI is InChI=1S/C41H68O5Si2/c1-10-47(11-2,12-3)45-33-25-30-21-22-31-32(41(30,9)26-34(33)46-48(13-4,14-5)15-6)23-24-40(8)35-28(7)39(42)44-38(35)37(36(31)40)43-27-29-19-17-16-18-20-29/h16-20,28,30-38H,10-15,21-27H2,1-9H3/t28-,30-,31+,32-,33-,34-,35-,36+,37+,38+,40+,41-/m0/s1. The van der Waals surface area contributed by atoms with Gasteiger partial charge in [0.05, 0.1) is 30.8 Å². The van der Waals surface area contributed by atoms with Gasteiger partial charge in [0.2, 0.25) is 0 Å². The number of benzene rings is 1. The summed E-state index contributed by atoms with van der Waals surface area (Å²) in [7, 11) is -3.63. The number of rotatable bonds is 13. The van der Waals surface area contributed by atoms with E-state index in [0.29, 0.717) is 30.3 Å². The third-order valence-electron chi connectivity index (χ3n) is 15.8. The lowest BCUT2D eigenvalue weighted by Gasteiger charge is -2.63. The molecule has 7 heteroatoms. The van der Waals surface area contributed by atoms with E-state index >= 15 is 0 Å². The molecule has 0 N–H and O–H groups in total. The lowest BCUT2D eigenvalue weighted by Crippen LogP contribution is -2.61. The summed E-state index contributed by atoms with van der Waals surface area (Å²) in [4.78, 5) is 13.1. The largest absolute Gasteiger partial charge is 0.459 e. The Morgan fingerprint density at radius 2 is 1.40 bits per heavy atom. The maximum absolute atomic E-state index is 13.1. The van der Waals surface area contributed by atoms with Crippen molar-refractivity contribution in [2.45, 2.75) is 168 Å². The molecule has 5 nitrogen and oxygen atoms in total. The van der Waals surface area contributed by atoms with E-state index in [-0.39, 0.29) is 53.1 Å². The van der Waals surface area contributed by atoms with Crippen LogP contribution in [0.2, 0.25) is 36.3 Å². The molecular formula is C41H68O5Si2. The van der Waals surface area contributed by atoms with Gasteiger partial charge in [-0.25, -0.2) is 0 Å². The minimum Gasteiger partial charge on any atom is -0.459 e. The molecule has 0 radical (unpaired) electrons. The molecule has 0 aromatic heterocycles. The summed E-state index contributed by atoms with van der Waals surface area (Å²) >= 11 is 0. The van der Waals surface area contributed by atoms with Crippen LogP contribution >= 0.6 is 0 Å². The number of hydrogen-bond donors (Lipinski definition) is 0. The molecule has 1 aromatic rings. The molecule has 1 aliphatic heterocycles. The molecule has 5 fully saturated rings. The highest BCUT2D eigenvalue weighted by atomic mass is 28.4. The first kappa shape index (κ1) is 36.8. The summed E-state index contributed by atoms with van der Waals surface area (Å²) in [5.41, 5.74) is 1.48. The Kier molecular flexibility index (Phi) is 10.9. The first-order valence-electron chi connectivity index (χ1n) is 20.2. The fraction of sp³-hybridized carbons (Fsp3) is 0.829. The van der Waals surface area contributed by atoms with Gasteiger partial charge < -0.3 is 18.3 Å². The van der Waals surface area contributed by atoms with Gasteiger partial charge in [0.15, 0.2) is 16.6 Å². The second-order valence-electron chi connectivity index (χ2n) is 17.3. The van der Waals surface area contributed by atoms with E-state index in [2.05, 4.69) is 92.6 Å². The van der Waals surface area contributed by atoms with Crippen molar-refractivity contribution in [3.63, 3.8) is 0 Å². The van der Waals surface area contributed by atoms with Crippen molar-refractivity contribution >= 4 is 22.6 Å². The number of esters is 1. The molecule has 0 spiro atoms. The molecule has 4 aliphatic carbocycles. The van der Waals surface area contributed by atoms with Gasteiger partial charge in [-0.3, -0.25) is 4.79 Å². The minimum absolute atomic E-state index is 0.0182. The van der Waals surface area contributed by atoms with Crippen LogP contribution in [0.4, 0.5) is 0 Å². The molecule has 12 atom stereocenters. The van der Waals surface area contributed by atoms with Crippen LogP contribution in [-0.2, 0) is 29.7 Å². The van der Waals surface area contributed by atoms with Crippen molar-refractivity contribution in [3.8, 4) is 0 Å². The zero-order valence-corrected chi connectivity index (χ0v) is 33.9. The van der Waals surface area contributed by atoms with Crippen LogP contribution in [-0.4, -0.2) is 47.0 Å². The molecular weight excluding hydrogens is 629 g/mol. The topological polar surface area (TPSA) is 54.0 Å². The van der Waals surface area contributed by atoms with Gasteiger partial charge in [0.25, 0.3) is 0 Å². The van der Waals surface area contributed by atoms with Crippen molar-refractivity contribution in [1.82, 2.24) is 0 Å². The summed E-state index contributed by atoms with van der Waals surface area (Å²) in [6, 6.07) is 17.7. The number of fused-ring (bicyclic) bond motifs is 7.